The van der Waals surface area contributed by atoms with Gasteiger partial charge in [-0.3, -0.25) is 0 Å². The molecule has 0 saturated heterocycles. The summed E-state index contributed by atoms with van der Waals surface area (Å²) in [5, 5.41) is 6.12. The molecule has 2 aliphatic heterocycles. The van der Waals surface area contributed by atoms with Gasteiger partial charge in [-0.25, -0.2) is 9.37 Å². The molecule has 1 aromatic carbocycles. The lowest BCUT2D eigenvalue weighted by Crippen LogP contribution is -2.17. The number of fused-ring (bicyclic) bond motifs is 1. The summed E-state index contributed by atoms with van der Waals surface area (Å²) in [4.78, 5) is 11.1. The minimum atomic E-state index is -0.301. The van der Waals surface area contributed by atoms with Crippen molar-refractivity contribution in [3.63, 3.8) is 0 Å². The number of hydrogen-bond donors (Lipinski definition) is 2. The molecule has 7 heteroatoms. The molecular formula is C22H28FN5O. The Morgan fingerprint density at radius 2 is 2.10 bits per heavy atom. The van der Waals surface area contributed by atoms with Crippen molar-refractivity contribution in [3.05, 3.63) is 40.8 Å². The second-order valence-electron chi connectivity index (χ2n) is 7.93. The maximum atomic E-state index is 15.8. The van der Waals surface area contributed by atoms with E-state index in [4.69, 9.17) is 4.74 Å². The number of allylic oxidation sites excluding steroid dienone is 1. The van der Waals surface area contributed by atoms with Gasteiger partial charge < -0.3 is 20.3 Å². The third-order valence-electron chi connectivity index (χ3n) is 5.57. The Bertz CT molecular complexity index is 959. The van der Waals surface area contributed by atoms with Crippen LogP contribution in [0, 0.1) is 12.7 Å². The van der Waals surface area contributed by atoms with E-state index in [9.17, 15) is 0 Å². The first-order valence-corrected chi connectivity index (χ1v) is 10.1. The first-order valence-electron chi connectivity index (χ1n) is 10.1. The highest BCUT2D eigenvalue weighted by Gasteiger charge is 2.30. The lowest BCUT2D eigenvalue weighted by atomic mass is 9.93. The number of rotatable bonds is 4. The normalized spacial score (nSPS) is 19.2. The van der Waals surface area contributed by atoms with Crippen LogP contribution in [0.3, 0.4) is 0 Å². The first-order chi connectivity index (χ1) is 14.0. The molecule has 1 aromatic heterocycles. The van der Waals surface area contributed by atoms with Gasteiger partial charge in [0.25, 0.3) is 0 Å². The van der Waals surface area contributed by atoms with Crippen LogP contribution in [-0.2, 0) is 0 Å². The van der Waals surface area contributed by atoms with Crippen LogP contribution in [0.15, 0.2) is 18.2 Å². The number of halogens is 1. The van der Waals surface area contributed by atoms with Crippen molar-refractivity contribution in [1.82, 2.24) is 14.9 Å². The van der Waals surface area contributed by atoms with E-state index < -0.39 is 0 Å². The Hall–Kier alpha value is -2.67. The van der Waals surface area contributed by atoms with Crippen LogP contribution in [0.1, 0.15) is 42.5 Å². The summed E-state index contributed by atoms with van der Waals surface area (Å²) >= 11 is 0. The number of ether oxygens (including phenoxy) is 1. The highest BCUT2D eigenvalue weighted by molar-refractivity contribution is 5.78. The monoisotopic (exact) mass is 397 g/mol. The van der Waals surface area contributed by atoms with Gasteiger partial charge in [-0.2, -0.15) is 4.98 Å². The Balaban J connectivity index is 1.80. The number of aromatic nitrogens is 2. The molecule has 0 aliphatic carbocycles. The van der Waals surface area contributed by atoms with E-state index in [2.05, 4.69) is 45.5 Å². The number of benzene rings is 1. The molecule has 0 bridgehead atoms. The molecule has 0 radical (unpaired) electrons. The number of aryl methyl sites for hydroxylation is 1. The average Bonchev–Trinajstić information content (AvgIpc) is 2.91. The van der Waals surface area contributed by atoms with Crippen molar-refractivity contribution in [3.8, 4) is 5.75 Å². The van der Waals surface area contributed by atoms with Crippen molar-refractivity contribution in [1.29, 1.82) is 0 Å². The second-order valence-corrected chi connectivity index (χ2v) is 7.93. The SMILES string of the molecule is CNc1cc(C)nc(Nc2cc3c(c(C4=CCN(C)CCC4)c2F)OCC3C)n1. The van der Waals surface area contributed by atoms with E-state index in [1.807, 2.05) is 19.1 Å². The zero-order valence-corrected chi connectivity index (χ0v) is 17.5. The molecular weight excluding hydrogens is 369 g/mol. The van der Waals surface area contributed by atoms with Crippen LogP contribution in [0.25, 0.3) is 5.57 Å². The molecule has 2 aliphatic rings. The van der Waals surface area contributed by atoms with Crippen LogP contribution in [0.2, 0.25) is 0 Å². The minimum Gasteiger partial charge on any atom is -0.492 e. The van der Waals surface area contributed by atoms with Gasteiger partial charge in [-0.1, -0.05) is 13.0 Å². The largest absolute Gasteiger partial charge is 0.492 e. The highest BCUT2D eigenvalue weighted by Crippen LogP contribution is 2.45. The van der Waals surface area contributed by atoms with E-state index in [1.165, 1.54) is 0 Å². The zero-order chi connectivity index (χ0) is 20.5. The van der Waals surface area contributed by atoms with Crippen molar-refractivity contribution < 1.29 is 9.13 Å². The van der Waals surface area contributed by atoms with E-state index in [1.54, 1.807) is 7.05 Å². The van der Waals surface area contributed by atoms with Gasteiger partial charge in [0.15, 0.2) is 5.82 Å². The van der Waals surface area contributed by atoms with Crippen LogP contribution in [-0.4, -0.2) is 48.7 Å². The predicted molar refractivity (Wildman–Crippen MR) is 115 cm³/mol. The van der Waals surface area contributed by atoms with Gasteiger partial charge in [0.05, 0.1) is 17.9 Å². The standard InChI is InChI=1S/C22H28FN5O/c1-13-12-29-21-16(13)11-17(26-22-25-14(2)10-18(24-3)27-22)20(23)19(21)15-6-5-8-28(4)9-7-15/h7,10-11,13H,5-6,8-9,12H2,1-4H3,(H2,24,25,26,27). The Morgan fingerprint density at radius 1 is 1.28 bits per heavy atom. The molecule has 1 atom stereocenters. The van der Waals surface area contributed by atoms with Crippen LogP contribution >= 0.6 is 0 Å². The molecule has 0 saturated carbocycles. The third-order valence-corrected chi connectivity index (χ3v) is 5.57. The van der Waals surface area contributed by atoms with E-state index in [0.717, 1.165) is 42.8 Å². The van der Waals surface area contributed by atoms with Crippen molar-refractivity contribution in [2.24, 2.45) is 0 Å². The Kier molecular flexibility index (Phi) is 5.41. The molecule has 1 unspecified atom stereocenters. The molecule has 0 amide bonds. The van der Waals surface area contributed by atoms with Crippen LogP contribution < -0.4 is 15.4 Å². The topological polar surface area (TPSA) is 62.3 Å². The Morgan fingerprint density at radius 3 is 2.90 bits per heavy atom. The van der Waals surface area contributed by atoms with Gasteiger partial charge >= 0.3 is 0 Å². The number of nitrogens with zero attached hydrogens (tertiary/aromatic N) is 3. The van der Waals surface area contributed by atoms with E-state index >= 15 is 4.39 Å². The van der Waals surface area contributed by atoms with Gasteiger partial charge in [-0.15, -0.1) is 0 Å². The molecule has 3 heterocycles. The van der Waals surface area contributed by atoms with Crippen molar-refractivity contribution in [2.75, 3.05) is 44.4 Å². The molecule has 4 rings (SSSR count). The molecule has 0 fully saturated rings. The fourth-order valence-corrected chi connectivity index (χ4v) is 3.96. The smallest absolute Gasteiger partial charge is 0.229 e. The summed E-state index contributed by atoms with van der Waals surface area (Å²) in [5.41, 5.74) is 3.83. The van der Waals surface area contributed by atoms with Crippen molar-refractivity contribution in [2.45, 2.75) is 32.6 Å². The maximum absolute atomic E-state index is 15.8. The number of anilines is 3. The summed E-state index contributed by atoms with van der Waals surface area (Å²) in [6, 6.07) is 3.69. The summed E-state index contributed by atoms with van der Waals surface area (Å²) in [6.45, 7) is 6.38. The molecule has 0 spiro atoms. The first kappa shape index (κ1) is 19.6. The summed E-state index contributed by atoms with van der Waals surface area (Å²) < 4.78 is 21.7. The molecule has 2 N–H and O–H groups in total. The average molecular weight is 397 g/mol. The van der Waals surface area contributed by atoms with Crippen molar-refractivity contribution >= 4 is 23.0 Å². The molecule has 29 heavy (non-hydrogen) atoms. The maximum Gasteiger partial charge on any atom is 0.229 e. The number of likely N-dealkylation sites (N-methyl/N-ethyl adjacent to an activating group) is 1. The zero-order valence-electron chi connectivity index (χ0n) is 17.5. The highest BCUT2D eigenvalue weighted by atomic mass is 19.1. The summed E-state index contributed by atoms with van der Waals surface area (Å²) in [5.74, 6) is 1.67. The summed E-state index contributed by atoms with van der Waals surface area (Å²) in [6.07, 6.45) is 3.96. The molecule has 2 aromatic rings. The predicted octanol–water partition coefficient (Wildman–Crippen LogP) is 4.31. The van der Waals surface area contributed by atoms with Crippen LogP contribution in [0.5, 0.6) is 5.75 Å². The van der Waals surface area contributed by atoms with Gasteiger partial charge in [0.1, 0.15) is 11.6 Å². The number of hydrogen-bond acceptors (Lipinski definition) is 6. The van der Waals surface area contributed by atoms with Gasteiger partial charge in [0, 0.05) is 36.8 Å². The van der Waals surface area contributed by atoms with Crippen LogP contribution in [0.4, 0.5) is 21.8 Å². The third kappa shape index (κ3) is 3.92. The minimum absolute atomic E-state index is 0.213. The second kappa shape index (κ2) is 7.99. The lowest BCUT2D eigenvalue weighted by Gasteiger charge is -2.17. The fourth-order valence-electron chi connectivity index (χ4n) is 3.96. The summed E-state index contributed by atoms with van der Waals surface area (Å²) in [7, 11) is 3.89. The van der Waals surface area contributed by atoms with Gasteiger partial charge in [0.2, 0.25) is 5.95 Å². The quantitative estimate of drug-likeness (QED) is 0.801. The fraction of sp³-hybridized carbons (Fsp3) is 0.455. The molecule has 6 nitrogen and oxygen atoms in total. The molecule has 154 valence electrons. The number of nitrogens with one attached hydrogen (secondary N) is 2. The lowest BCUT2D eigenvalue weighted by molar-refractivity contribution is 0.335. The van der Waals surface area contributed by atoms with Gasteiger partial charge in [-0.05, 0) is 45.0 Å². The van der Waals surface area contributed by atoms with E-state index in [0.29, 0.717) is 35.4 Å². The van der Waals surface area contributed by atoms with E-state index in [-0.39, 0.29) is 11.7 Å². The Labute approximate surface area is 171 Å².